The summed E-state index contributed by atoms with van der Waals surface area (Å²) in [5.74, 6) is 0.970. The van der Waals surface area contributed by atoms with Gasteiger partial charge in [0.2, 0.25) is 0 Å². The fourth-order valence-corrected chi connectivity index (χ4v) is 2.51. The lowest BCUT2D eigenvalue weighted by atomic mass is 10.1. The predicted octanol–water partition coefficient (Wildman–Crippen LogP) is 3.32. The molecule has 0 aromatic carbocycles. The summed E-state index contributed by atoms with van der Waals surface area (Å²) in [7, 11) is 0. The van der Waals surface area contributed by atoms with Crippen LogP contribution in [0.5, 0.6) is 0 Å². The van der Waals surface area contributed by atoms with Gasteiger partial charge in [0, 0.05) is 10.4 Å². The zero-order valence-electron chi connectivity index (χ0n) is 10.2. The van der Waals surface area contributed by atoms with Crippen molar-refractivity contribution in [2.24, 2.45) is 0 Å². The lowest BCUT2D eigenvalue weighted by molar-refractivity contribution is 0.400. The highest BCUT2D eigenvalue weighted by Gasteiger charge is 2.19. The van der Waals surface area contributed by atoms with Crippen LogP contribution in [0.15, 0.2) is 18.5 Å². The van der Waals surface area contributed by atoms with Crippen molar-refractivity contribution in [3.05, 3.63) is 23.3 Å². The highest BCUT2D eigenvalue weighted by molar-refractivity contribution is 7.15. The van der Waals surface area contributed by atoms with Crippen LogP contribution in [0.2, 0.25) is 0 Å². The Morgan fingerprint density at radius 2 is 2.06 bits per heavy atom. The fraction of sp³-hybridized carbons (Fsp3) is 0.500. The molecule has 3 nitrogen and oxygen atoms in total. The van der Waals surface area contributed by atoms with Gasteiger partial charge in [0.25, 0.3) is 0 Å². The average molecular weight is 235 g/mol. The number of aromatic nitrogens is 3. The molecule has 0 unspecified atom stereocenters. The van der Waals surface area contributed by atoms with Gasteiger partial charge in [-0.1, -0.05) is 6.92 Å². The van der Waals surface area contributed by atoms with Crippen molar-refractivity contribution in [2.75, 3.05) is 0 Å². The van der Waals surface area contributed by atoms with E-state index < -0.39 is 0 Å². The highest BCUT2D eigenvalue weighted by atomic mass is 32.1. The molecule has 2 aromatic heterocycles. The molecule has 2 aromatic rings. The van der Waals surface area contributed by atoms with Crippen LogP contribution in [0.25, 0.3) is 10.7 Å². The van der Waals surface area contributed by atoms with Gasteiger partial charge >= 0.3 is 0 Å². The second-order valence-corrected chi connectivity index (χ2v) is 5.98. The Kier molecular flexibility index (Phi) is 2.84. The van der Waals surface area contributed by atoms with E-state index in [0.717, 1.165) is 12.2 Å². The quantitative estimate of drug-likeness (QED) is 0.799. The smallest absolute Gasteiger partial charge is 0.174 e. The van der Waals surface area contributed by atoms with Crippen molar-refractivity contribution in [1.29, 1.82) is 0 Å². The van der Waals surface area contributed by atoms with Gasteiger partial charge in [-0.25, -0.2) is 0 Å². The van der Waals surface area contributed by atoms with E-state index in [1.807, 2.05) is 0 Å². The van der Waals surface area contributed by atoms with Crippen molar-refractivity contribution in [2.45, 2.75) is 39.7 Å². The molecule has 0 fully saturated rings. The van der Waals surface area contributed by atoms with E-state index in [1.54, 1.807) is 17.7 Å². The van der Waals surface area contributed by atoms with Crippen LogP contribution in [-0.4, -0.2) is 14.8 Å². The SMILES string of the molecule is CCc1ccc(-c2nncn2C(C)(C)C)s1. The molecule has 0 aliphatic carbocycles. The maximum Gasteiger partial charge on any atom is 0.174 e. The molecule has 0 saturated heterocycles. The van der Waals surface area contributed by atoms with Gasteiger partial charge in [-0.3, -0.25) is 0 Å². The molecule has 0 radical (unpaired) electrons. The normalized spacial score (nSPS) is 12.0. The van der Waals surface area contributed by atoms with E-state index in [-0.39, 0.29) is 5.54 Å². The molecule has 0 bridgehead atoms. The molecule has 0 aliphatic heterocycles. The largest absolute Gasteiger partial charge is 0.308 e. The van der Waals surface area contributed by atoms with E-state index in [0.29, 0.717) is 0 Å². The molecule has 0 atom stereocenters. The summed E-state index contributed by atoms with van der Waals surface area (Å²) in [4.78, 5) is 2.59. The minimum atomic E-state index is 0.0230. The van der Waals surface area contributed by atoms with Crippen LogP contribution in [0, 0.1) is 0 Å². The Labute approximate surface area is 100 Å². The Morgan fingerprint density at radius 3 is 2.62 bits per heavy atom. The first-order chi connectivity index (χ1) is 7.52. The van der Waals surface area contributed by atoms with E-state index in [2.05, 4.69) is 54.6 Å². The zero-order chi connectivity index (χ0) is 11.8. The molecular formula is C12H17N3S. The van der Waals surface area contributed by atoms with Crippen LogP contribution in [0.3, 0.4) is 0 Å². The van der Waals surface area contributed by atoms with Crippen LogP contribution in [0.4, 0.5) is 0 Å². The van der Waals surface area contributed by atoms with E-state index in [1.165, 1.54) is 9.75 Å². The van der Waals surface area contributed by atoms with E-state index in [4.69, 9.17) is 0 Å². The Morgan fingerprint density at radius 1 is 1.31 bits per heavy atom. The first-order valence-corrected chi connectivity index (χ1v) is 6.33. The van der Waals surface area contributed by atoms with Crippen molar-refractivity contribution in [1.82, 2.24) is 14.8 Å². The van der Waals surface area contributed by atoms with Gasteiger partial charge in [-0.2, -0.15) is 0 Å². The third-order valence-corrected chi connectivity index (χ3v) is 3.73. The Hall–Kier alpha value is -1.16. The molecule has 0 aliphatic rings. The monoisotopic (exact) mass is 235 g/mol. The Balaban J connectivity index is 2.44. The highest BCUT2D eigenvalue weighted by Crippen LogP contribution is 2.29. The summed E-state index contributed by atoms with van der Waals surface area (Å²) in [6.07, 6.45) is 2.88. The first-order valence-electron chi connectivity index (χ1n) is 5.52. The minimum absolute atomic E-state index is 0.0230. The number of nitrogens with zero attached hydrogens (tertiary/aromatic N) is 3. The first kappa shape index (κ1) is 11.3. The third kappa shape index (κ3) is 2.02. The Bertz CT molecular complexity index is 476. The van der Waals surface area contributed by atoms with Gasteiger partial charge < -0.3 is 4.57 Å². The predicted molar refractivity (Wildman–Crippen MR) is 67.7 cm³/mol. The second-order valence-electron chi connectivity index (χ2n) is 4.81. The van der Waals surface area contributed by atoms with Gasteiger partial charge in [-0.15, -0.1) is 21.5 Å². The molecule has 0 N–H and O–H groups in total. The molecule has 0 saturated carbocycles. The topological polar surface area (TPSA) is 30.7 Å². The zero-order valence-corrected chi connectivity index (χ0v) is 11.0. The molecular weight excluding hydrogens is 218 g/mol. The maximum atomic E-state index is 4.22. The summed E-state index contributed by atoms with van der Waals surface area (Å²) in [6.45, 7) is 8.65. The van der Waals surface area contributed by atoms with Crippen LogP contribution >= 0.6 is 11.3 Å². The second kappa shape index (κ2) is 4.01. The third-order valence-electron chi connectivity index (χ3n) is 2.50. The number of aryl methyl sites for hydroxylation is 1. The van der Waals surface area contributed by atoms with Crippen LogP contribution in [-0.2, 0) is 12.0 Å². The standard InChI is InChI=1S/C12H17N3S/c1-5-9-6-7-10(16-9)11-14-13-8-15(11)12(2,3)4/h6-8H,5H2,1-4H3. The molecule has 86 valence electrons. The summed E-state index contributed by atoms with van der Waals surface area (Å²) in [5, 5.41) is 8.24. The summed E-state index contributed by atoms with van der Waals surface area (Å²) in [5.41, 5.74) is 0.0230. The average Bonchev–Trinajstić information content (AvgIpc) is 2.84. The van der Waals surface area contributed by atoms with Crippen LogP contribution in [0.1, 0.15) is 32.6 Å². The summed E-state index contributed by atoms with van der Waals surface area (Å²) < 4.78 is 2.12. The van der Waals surface area contributed by atoms with Gasteiger partial charge in [0.1, 0.15) is 6.33 Å². The lowest BCUT2D eigenvalue weighted by Gasteiger charge is -2.21. The number of hydrogen-bond acceptors (Lipinski definition) is 3. The minimum Gasteiger partial charge on any atom is -0.308 e. The molecule has 4 heteroatoms. The van der Waals surface area contributed by atoms with E-state index in [9.17, 15) is 0 Å². The van der Waals surface area contributed by atoms with Crippen molar-refractivity contribution >= 4 is 11.3 Å². The maximum absolute atomic E-state index is 4.22. The van der Waals surface area contributed by atoms with Gasteiger partial charge in [-0.05, 0) is 39.3 Å². The molecule has 0 amide bonds. The number of thiophene rings is 1. The van der Waals surface area contributed by atoms with Crippen molar-refractivity contribution in [3.63, 3.8) is 0 Å². The molecule has 0 spiro atoms. The van der Waals surface area contributed by atoms with E-state index >= 15 is 0 Å². The van der Waals surface area contributed by atoms with Gasteiger partial charge in [0.05, 0.1) is 4.88 Å². The summed E-state index contributed by atoms with van der Waals surface area (Å²) >= 11 is 1.80. The van der Waals surface area contributed by atoms with Crippen molar-refractivity contribution < 1.29 is 0 Å². The molecule has 2 rings (SSSR count). The molecule has 2 heterocycles. The molecule has 16 heavy (non-hydrogen) atoms. The van der Waals surface area contributed by atoms with Crippen molar-refractivity contribution in [3.8, 4) is 10.7 Å². The summed E-state index contributed by atoms with van der Waals surface area (Å²) in [6, 6.07) is 4.30. The lowest BCUT2D eigenvalue weighted by Crippen LogP contribution is -2.21. The number of hydrogen-bond donors (Lipinski definition) is 0. The fourth-order valence-electron chi connectivity index (χ4n) is 1.58. The van der Waals surface area contributed by atoms with Gasteiger partial charge in [0.15, 0.2) is 5.82 Å². The number of rotatable bonds is 2. The van der Waals surface area contributed by atoms with Crippen LogP contribution < -0.4 is 0 Å².